The highest BCUT2D eigenvalue weighted by atomic mass is 35.5. The Labute approximate surface area is 175 Å². The summed E-state index contributed by atoms with van der Waals surface area (Å²) in [5.41, 5.74) is 1.95. The molecular weight excluding hydrogens is 412 g/mol. The van der Waals surface area contributed by atoms with Gasteiger partial charge in [0.05, 0.1) is 17.7 Å². The summed E-state index contributed by atoms with van der Waals surface area (Å²) in [4.78, 5) is 14.8. The van der Waals surface area contributed by atoms with E-state index in [1.165, 1.54) is 19.2 Å². The number of carbonyl (C=O) groups excluding carboxylic acids is 1. The molecule has 2 aromatic rings. The molecule has 0 aromatic heterocycles. The van der Waals surface area contributed by atoms with Crippen molar-refractivity contribution >= 4 is 38.9 Å². The van der Waals surface area contributed by atoms with Gasteiger partial charge in [-0.1, -0.05) is 18.0 Å². The number of anilines is 2. The number of fused-ring (bicyclic) bond motifs is 1. The van der Waals surface area contributed by atoms with E-state index in [0.29, 0.717) is 17.2 Å². The molecule has 1 heterocycles. The molecule has 1 aliphatic heterocycles. The van der Waals surface area contributed by atoms with Crippen molar-refractivity contribution in [2.24, 2.45) is 5.92 Å². The molecule has 1 amide bonds. The van der Waals surface area contributed by atoms with Crippen molar-refractivity contribution in [1.82, 2.24) is 0 Å². The van der Waals surface area contributed by atoms with Crippen LogP contribution in [-0.4, -0.2) is 27.5 Å². The first kappa shape index (κ1) is 20.0. The van der Waals surface area contributed by atoms with E-state index in [-0.39, 0.29) is 28.4 Å². The molecule has 29 heavy (non-hydrogen) atoms. The van der Waals surface area contributed by atoms with Gasteiger partial charge in [-0.05, 0) is 68.1 Å². The predicted molar refractivity (Wildman–Crippen MR) is 113 cm³/mol. The van der Waals surface area contributed by atoms with E-state index in [0.717, 1.165) is 30.5 Å². The minimum absolute atomic E-state index is 0.0250. The standard InChI is InChI=1S/C21H23ClN2O4S/c1-13-10-15-11-17(7-8-19(15)24(13)21(25)14-4-3-5-14)29(26,27)23-18-12-16(22)6-9-20(18)28-2/h6-9,11-14,23H,3-5,10H2,1-2H3/t13-/m1/s1. The monoisotopic (exact) mass is 434 g/mol. The van der Waals surface area contributed by atoms with Crippen molar-refractivity contribution in [2.75, 3.05) is 16.7 Å². The van der Waals surface area contributed by atoms with Gasteiger partial charge < -0.3 is 9.64 Å². The highest BCUT2D eigenvalue weighted by Crippen LogP contribution is 2.38. The zero-order valence-electron chi connectivity index (χ0n) is 16.3. The number of nitrogens with zero attached hydrogens (tertiary/aromatic N) is 1. The number of ether oxygens (including phenoxy) is 1. The molecule has 2 aromatic carbocycles. The molecule has 0 unspecified atom stereocenters. The zero-order valence-corrected chi connectivity index (χ0v) is 17.9. The van der Waals surface area contributed by atoms with Crippen molar-refractivity contribution in [2.45, 2.75) is 43.5 Å². The first-order valence-corrected chi connectivity index (χ1v) is 11.5. The van der Waals surface area contributed by atoms with Gasteiger partial charge in [0.1, 0.15) is 5.75 Å². The number of rotatable bonds is 5. The summed E-state index contributed by atoms with van der Waals surface area (Å²) in [7, 11) is -2.38. The second kappa shape index (κ2) is 7.54. The normalized spacial score (nSPS) is 18.9. The summed E-state index contributed by atoms with van der Waals surface area (Å²) in [6.45, 7) is 2.00. The number of nitrogens with one attached hydrogen (secondary N) is 1. The molecule has 1 atom stereocenters. The molecule has 0 spiro atoms. The van der Waals surface area contributed by atoms with Gasteiger partial charge >= 0.3 is 0 Å². The summed E-state index contributed by atoms with van der Waals surface area (Å²) >= 11 is 6.00. The molecule has 2 aliphatic rings. The molecule has 4 rings (SSSR count). The Morgan fingerprint density at radius 3 is 2.62 bits per heavy atom. The fourth-order valence-electron chi connectivity index (χ4n) is 3.93. The Kier molecular flexibility index (Phi) is 5.21. The number of sulfonamides is 1. The van der Waals surface area contributed by atoms with E-state index in [1.807, 2.05) is 11.8 Å². The number of methoxy groups -OCH3 is 1. The second-order valence-electron chi connectivity index (χ2n) is 7.63. The van der Waals surface area contributed by atoms with E-state index in [1.54, 1.807) is 24.3 Å². The van der Waals surface area contributed by atoms with Crippen molar-refractivity contribution in [3.05, 3.63) is 47.0 Å². The van der Waals surface area contributed by atoms with Gasteiger partial charge in [-0.2, -0.15) is 0 Å². The lowest BCUT2D eigenvalue weighted by Crippen LogP contribution is -2.42. The number of halogens is 1. The SMILES string of the molecule is COc1ccc(Cl)cc1NS(=O)(=O)c1ccc2c(c1)C[C@@H](C)N2C(=O)C1CCC1. The van der Waals surface area contributed by atoms with E-state index < -0.39 is 10.0 Å². The predicted octanol–water partition coefficient (Wildman–Crippen LogP) is 4.23. The second-order valence-corrected chi connectivity index (χ2v) is 9.75. The topological polar surface area (TPSA) is 75.7 Å². The first-order valence-electron chi connectivity index (χ1n) is 9.62. The molecule has 154 valence electrons. The molecule has 1 N–H and O–H groups in total. The van der Waals surface area contributed by atoms with Crippen molar-refractivity contribution in [3.8, 4) is 5.75 Å². The van der Waals surface area contributed by atoms with Crippen LogP contribution in [0.4, 0.5) is 11.4 Å². The minimum Gasteiger partial charge on any atom is -0.495 e. The molecule has 0 radical (unpaired) electrons. The van der Waals surface area contributed by atoms with Crippen LogP contribution in [0.1, 0.15) is 31.7 Å². The van der Waals surface area contributed by atoms with Crippen molar-refractivity contribution < 1.29 is 17.9 Å². The Bertz CT molecular complexity index is 1070. The molecule has 1 fully saturated rings. The van der Waals surface area contributed by atoms with E-state index in [2.05, 4.69) is 4.72 Å². The maximum atomic E-state index is 13.0. The largest absolute Gasteiger partial charge is 0.495 e. The summed E-state index contributed by atoms with van der Waals surface area (Å²) in [6.07, 6.45) is 3.61. The Balaban J connectivity index is 1.63. The quantitative estimate of drug-likeness (QED) is 0.764. The maximum absolute atomic E-state index is 13.0. The highest BCUT2D eigenvalue weighted by molar-refractivity contribution is 7.92. The number of benzene rings is 2. The van der Waals surface area contributed by atoms with Gasteiger partial charge in [0.2, 0.25) is 5.91 Å². The number of hydrogen-bond acceptors (Lipinski definition) is 4. The third kappa shape index (κ3) is 3.69. The highest BCUT2D eigenvalue weighted by Gasteiger charge is 2.37. The molecule has 0 saturated heterocycles. The van der Waals surface area contributed by atoms with Crippen LogP contribution in [0.5, 0.6) is 5.75 Å². The number of amides is 1. The van der Waals surface area contributed by atoms with Crippen molar-refractivity contribution in [1.29, 1.82) is 0 Å². The Morgan fingerprint density at radius 1 is 1.21 bits per heavy atom. The van der Waals surface area contributed by atoms with E-state index in [9.17, 15) is 13.2 Å². The first-order chi connectivity index (χ1) is 13.8. The maximum Gasteiger partial charge on any atom is 0.262 e. The Hall–Kier alpha value is -2.25. The van der Waals surface area contributed by atoms with Crippen LogP contribution in [-0.2, 0) is 21.2 Å². The molecular formula is C21H23ClN2O4S. The van der Waals surface area contributed by atoms with Gasteiger partial charge in [-0.3, -0.25) is 9.52 Å². The summed E-state index contributed by atoms with van der Waals surface area (Å²) in [5, 5.41) is 0.399. The van der Waals surface area contributed by atoms with Crippen LogP contribution in [0.15, 0.2) is 41.3 Å². The summed E-state index contributed by atoms with van der Waals surface area (Å²) in [5.74, 6) is 0.633. The summed E-state index contributed by atoms with van der Waals surface area (Å²) < 4.78 is 33.7. The lowest BCUT2D eigenvalue weighted by Gasteiger charge is -2.32. The van der Waals surface area contributed by atoms with Crippen LogP contribution in [0.25, 0.3) is 0 Å². The fraction of sp³-hybridized carbons (Fsp3) is 0.381. The third-order valence-corrected chi connectivity index (χ3v) is 7.27. The zero-order chi connectivity index (χ0) is 20.8. The van der Waals surface area contributed by atoms with E-state index in [4.69, 9.17) is 16.3 Å². The molecule has 6 nitrogen and oxygen atoms in total. The lowest BCUT2D eigenvalue weighted by molar-refractivity contribution is -0.125. The fourth-order valence-corrected chi connectivity index (χ4v) is 5.21. The molecule has 0 bridgehead atoms. The van der Waals surface area contributed by atoms with Crippen LogP contribution in [0.3, 0.4) is 0 Å². The van der Waals surface area contributed by atoms with Crippen LogP contribution < -0.4 is 14.4 Å². The number of hydrogen-bond donors (Lipinski definition) is 1. The van der Waals surface area contributed by atoms with Gasteiger partial charge in [0.25, 0.3) is 10.0 Å². The van der Waals surface area contributed by atoms with Gasteiger partial charge in [0, 0.05) is 22.7 Å². The van der Waals surface area contributed by atoms with E-state index >= 15 is 0 Å². The molecule has 1 aliphatic carbocycles. The average molecular weight is 435 g/mol. The minimum atomic E-state index is -3.84. The third-order valence-electron chi connectivity index (χ3n) is 5.67. The van der Waals surface area contributed by atoms with Gasteiger partial charge in [0.15, 0.2) is 0 Å². The Morgan fingerprint density at radius 2 is 1.97 bits per heavy atom. The van der Waals surface area contributed by atoms with Crippen LogP contribution >= 0.6 is 11.6 Å². The van der Waals surface area contributed by atoms with Crippen LogP contribution in [0.2, 0.25) is 5.02 Å². The summed E-state index contributed by atoms with van der Waals surface area (Å²) in [6, 6.07) is 9.69. The molecule has 8 heteroatoms. The smallest absolute Gasteiger partial charge is 0.262 e. The number of carbonyl (C=O) groups is 1. The van der Waals surface area contributed by atoms with Crippen LogP contribution in [0, 0.1) is 5.92 Å². The lowest BCUT2D eigenvalue weighted by atomic mass is 9.84. The average Bonchev–Trinajstić information content (AvgIpc) is 2.95. The molecule has 1 saturated carbocycles. The van der Waals surface area contributed by atoms with Gasteiger partial charge in [-0.15, -0.1) is 0 Å². The van der Waals surface area contributed by atoms with Crippen molar-refractivity contribution in [3.63, 3.8) is 0 Å². The van der Waals surface area contributed by atoms with Gasteiger partial charge in [-0.25, -0.2) is 8.42 Å².